The van der Waals surface area contributed by atoms with Crippen LogP contribution in [0.15, 0.2) is 18.2 Å². The molecule has 0 aliphatic carbocycles. The predicted molar refractivity (Wildman–Crippen MR) is 65.3 cm³/mol. The molecule has 1 aromatic carbocycles. The number of hydrogen-bond donors (Lipinski definition) is 2. The van der Waals surface area contributed by atoms with E-state index in [1.165, 1.54) is 13.1 Å². The fourth-order valence-corrected chi connectivity index (χ4v) is 1.70. The molecule has 0 radical (unpaired) electrons. The number of aromatic carboxylic acids is 1. The molecule has 1 aromatic rings. The highest BCUT2D eigenvalue weighted by Gasteiger charge is 2.16. The Morgan fingerprint density at radius 3 is 2.41 bits per heavy atom. The van der Waals surface area contributed by atoms with Gasteiger partial charge in [-0.15, -0.1) is 0 Å². The van der Waals surface area contributed by atoms with Gasteiger partial charge in [-0.25, -0.2) is 4.79 Å². The highest BCUT2D eigenvalue weighted by Crippen LogP contribution is 2.15. The van der Waals surface area contributed by atoms with Crippen molar-refractivity contribution >= 4 is 11.9 Å². The lowest BCUT2D eigenvalue weighted by Gasteiger charge is -2.09. The number of carboxylic acid groups (broad SMARTS) is 1. The van der Waals surface area contributed by atoms with Crippen molar-refractivity contribution in [2.75, 3.05) is 7.05 Å². The number of carbonyl (C=O) groups excluding carboxylic acids is 1. The Labute approximate surface area is 101 Å². The molecule has 2 N–H and O–H groups in total. The number of carboxylic acids is 1. The lowest BCUT2D eigenvalue weighted by molar-refractivity contribution is 0.0691. The molecular formula is C13H17NO3. The third kappa shape index (κ3) is 3.31. The minimum absolute atomic E-state index is 0.0388. The van der Waals surface area contributed by atoms with Crippen LogP contribution < -0.4 is 5.32 Å². The highest BCUT2D eigenvalue weighted by molar-refractivity contribution is 6.04. The van der Waals surface area contributed by atoms with Gasteiger partial charge in [-0.1, -0.05) is 19.9 Å². The van der Waals surface area contributed by atoms with E-state index in [0.29, 0.717) is 5.92 Å². The van der Waals surface area contributed by atoms with E-state index in [2.05, 4.69) is 19.2 Å². The standard InChI is InChI=1S/C13H17NO3/c1-8(2)6-9-4-5-10(13(16)17)11(7-9)12(15)14-3/h4-5,7-8H,6H2,1-3H3,(H,14,15)(H,16,17). The molecule has 1 amide bonds. The SMILES string of the molecule is CNC(=O)c1cc(CC(C)C)ccc1C(=O)O. The quantitative estimate of drug-likeness (QED) is 0.838. The first-order chi connectivity index (χ1) is 7.95. The van der Waals surface area contributed by atoms with Crippen molar-refractivity contribution in [1.29, 1.82) is 0 Å². The smallest absolute Gasteiger partial charge is 0.336 e. The second kappa shape index (κ2) is 5.48. The minimum Gasteiger partial charge on any atom is -0.478 e. The predicted octanol–water partition coefficient (Wildman–Crippen LogP) is 1.94. The van der Waals surface area contributed by atoms with Gasteiger partial charge in [-0.3, -0.25) is 4.79 Å². The summed E-state index contributed by atoms with van der Waals surface area (Å²) in [6, 6.07) is 4.91. The molecule has 4 heteroatoms. The highest BCUT2D eigenvalue weighted by atomic mass is 16.4. The molecule has 0 bridgehead atoms. The number of amides is 1. The van der Waals surface area contributed by atoms with Crippen LogP contribution in [0.3, 0.4) is 0 Å². The Balaban J connectivity index is 3.19. The molecule has 17 heavy (non-hydrogen) atoms. The average molecular weight is 235 g/mol. The summed E-state index contributed by atoms with van der Waals surface area (Å²) in [6.07, 6.45) is 0.823. The maximum atomic E-state index is 11.6. The minimum atomic E-state index is -1.08. The van der Waals surface area contributed by atoms with Gasteiger partial charge in [0.05, 0.1) is 11.1 Å². The maximum Gasteiger partial charge on any atom is 0.336 e. The van der Waals surface area contributed by atoms with E-state index in [9.17, 15) is 9.59 Å². The van der Waals surface area contributed by atoms with Crippen LogP contribution in [0.4, 0.5) is 0 Å². The van der Waals surface area contributed by atoms with Crippen molar-refractivity contribution in [3.05, 3.63) is 34.9 Å². The monoisotopic (exact) mass is 235 g/mol. The van der Waals surface area contributed by atoms with E-state index in [4.69, 9.17) is 5.11 Å². The summed E-state index contributed by atoms with van der Waals surface area (Å²) >= 11 is 0. The topological polar surface area (TPSA) is 66.4 Å². The zero-order chi connectivity index (χ0) is 13.0. The summed E-state index contributed by atoms with van der Waals surface area (Å²) in [5.74, 6) is -0.990. The molecule has 0 aliphatic heterocycles. The van der Waals surface area contributed by atoms with Crippen molar-refractivity contribution < 1.29 is 14.7 Å². The van der Waals surface area contributed by atoms with Crippen molar-refractivity contribution in [3.8, 4) is 0 Å². The van der Waals surface area contributed by atoms with Crippen molar-refractivity contribution in [2.24, 2.45) is 5.92 Å². The third-order valence-corrected chi connectivity index (χ3v) is 2.43. The van der Waals surface area contributed by atoms with Crippen LogP contribution in [0, 0.1) is 5.92 Å². The first-order valence-electron chi connectivity index (χ1n) is 5.54. The normalized spacial score (nSPS) is 10.4. The van der Waals surface area contributed by atoms with Crippen LogP contribution in [-0.4, -0.2) is 24.0 Å². The molecule has 0 heterocycles. The lowest BCUT2D eigenvalue weighted by Crippen LogP contribution is -2.21. The van der Waals surface area contributed by atoms with Gasteiger partial charge in [-0.2, -0.15) is 0 Å². The van der Waals surface area contributed by atoms with E-state index in [0.717, 1.165) is 12.0 Å². The molecule has 0 saturated carbocycles. The van der Waals surface area contributed by atoms with Gasteiger partial charge in [0.25, 0.3) is 5.91 Å². The molecule has 0 aliphatic rings. The number of nitrogens with one attached hydrogen (secondary N) is 1. The fourth-order valence-electron chi connectivity index (χ4n) is 1.70. The van der Waals surface area contributed by atoms with Gasteiger partial charge >= 0.3 is 5.97 Å². The van der Waals surface area contributed by atoms with E-state index in [1.54, 1.807) is 12.1 Å². The second-order valence-corrected chi connectivity index (χ2v) is 4.36. The Morgan fingerprint density at radius 1 is 1.29 bits per heavy atom. The van der Waals surface area contributed by atoms with E-state index in [-0.39, 0.29) is 17.0 Å². The summed E-state index contributed by atoms with van der Waals surface area (Å²) in [4.78, 5) is 22.6. The molecular weight excluding hydrogens is 218 g/mol. The molecule has 0 fully saturated rings. The Hall–Kier alpha value is -1.84. The summed E-state index contributed by atoms with van der Waals surface area (Å²) < 4.78 is 0. The van der Waals surface area contributed by atoms with Crippen LogP contribution in [0.25, 0.3) is 0 Å². The molecule has 1 rings (SSSR count). The van der Waals surface area contributed by atoms with Crippen LogP contribution in [0.5, 0.6) is 0 Å². The molecule has 4 nitrogen and oxygen atoms in total. The Kier molecular flexibility index (Phi) is 4.26. The van der Waals surface area contributed by atoms with Crippen molar-refractivity contribution in [2.45, 2.75) is 20.3 Å². The Morgan fingerprint density at radius 2 is 1.94 bits per heavy atom. The largest absolute Gasteiger partial charge is 0.478 e. The fraction of sp³-hybridized carbons (Fsp3) is 0.385. The van der Waals surface area contributed by atoms with Crippen LogP contribution in [-0.2, 0) is 6.42 Å². The van der Waals surface area contributed by atoms with Crippen molar-refractivity contribution in [1.82, 2.24) is 5.32 Å². The second-order valence-electron chi connectivity index (χ2n) is 4.36. The van der Waals surface area contributed by atoms with Crippen LogP contribution in [0.1, 0.15) is 40.1 Å². The summed E-state index contributed by atoms with van der Waals surface area (Å²) in [5, 5.41) is 11.5. The van der Waals surface area contributed by atoms with Gasteiger partial charge < -0.3 is 10.4 Å². The first-order valence-corrected chi connectivity index (χ1v) is 5.54. The zero-order valence-electron chi connectivity index (χ0n) is 10.3. The van der Waals surface area contributed by atoms with Crippen molar-refractivity contribution in [3.63, 3.8) is 0 Å². The lowest BCUT2D eigenvalue weighted by atomic mass is 9.97. The van der Waals surface area contributed by atoms with Gasteiger partial charge in [0.15, 0.2) is 0 Å². The molecule has 92 valence electrons. The average Bonchev–Trinajstić information content (AvgIpc) is 2.26. The Bertz CT molecular complexity index is 438. The molecule has 0 unspecified atom stereocenters. The summed E-state index contributed by atoms with van der Waals surface area (Å²) in [7, 11) is 1.49. The summed E-state index contributed by atoms with van der Waals surface area (Å²) in [6.45, 7) is 4.15. The molecule has 0 saturated heterocycles. The van der Waals surface area contributed by atoms with Crippen LogP contribution >= 0.6 is 0 Å². The number of hydrogen-bond acceptors (Lipinski definition) is 2. The van der Waals surface area contributed by atoms with Gasteiger partial charge in [0, 0.05) is 7.05 Å². The van der Waals surface area contributed by atoms with Gasteiger partial charge in [0.2, 0.25) is 0 Å². The van der Waals surface area contributed by atoms with E-state index < -0.39 is 5.97 Å². The molecule has 0 atom stereocenters. The van der Waals surface area contributed by atoms with Gasteiger partial charge in [-0.05, 0) is 30.0 Å². The zero-order valence-corrected chi connectivity index (χ0v) is 10.3. The number of benzene rings is 1. The van der Waals surface area contributed by atoms with Crippen LogP contribution in [0.2, 0.25) is 0 Å². The first kappa shape index (κ1) is 13.2. The maximum absolute atomic E-state index is 11.6. The molecule has 0 aromatic heterocycles. The van der Waals surface area contributed by atoms with E-state index >= 15 is 0 Å². The molecule has 0 spiro atoms. The number of carbonyl (C=O) groups is 2. The van der Waals surface area contributed by atoms with Gasteiger partial charge in [0.1, 0.15) is 0 Å². The summed E-state index contributed by atoms with van der Waals surface area (Å²) in [5.41, 5.74) is 1.23. The van der Waals surface area contributed by atoms with E-state index in [1.807, 2.05) is 0 Å². The third-order valence-electron chi connectivity index (χ3n) is 2.43. The number of rotatable bonds is 4.